The van der Waals surface area contributed by atoms with E-state index in [2.05, 4.69) is 36.8 Å². The number of hydrogen-bond acceptors (Lipinski definition) is 2. The van der Waals surface area contributed by atoms with Crippen molar-refractivity contribution in [2.45, 2.75) is 27.2 Å². The smallest absolute Gasteiger partial charge is 0.191 e. The van der Waals surface area contributed by atoms with Crippen LogP contribution in [0.25, 0.3) is 11.4 Å². The second kappa shape index (κ2) is 6.49. The summed E-state index contributed by atoms with van der Waals surface area (Å²) in [5.74, 6) is -2.13. The molecular weight excluding hydrogens is 349 g/mol. The van der Waals surface area contributed by atoms with E-state index in [0.717, 1.165) is 18.1 Å². The van der Waals surface area contributed by atoms with E-state index in [1.54, 1.807) is 6.20 Å². The predicted octanol–water partition coefficient (Wildman–Crippen LogP) is 3.81. The van der Waals surface area contributed by atoms with Crippen LogP contribution >= 0.6 is 0 Å². The monoisotopic (exact) mass is 364 g/mol. The van der Waals surface area contributed by atoms with Crippen molar-refractivity contribution in [2.24, 2.45) is 5.41 Å². The van der Waals surface area contributed by atoms with Crippen LogP contribution in [0.15, 0.2) is 24.4 Å². The third-order valence-electron chi connectivity index (χ3n) is 2.54. The Labute approximate surface area is 130 Å². The zero-order valence-corrected chi connectivity index (χ0v) is 13.1. The van der Waals surface area contributed by atoms with Crippen molar-refractivity contribution in [3.05, 3.63) is 47.8 Å². The molecule has 0 aliphatic heterocycles. The van der Waals surface area contributed by atoms with E-state index >= 15 is 0 Å². The second-order valence-corrected chi connectivity index (χ2v) is 5.67. The summed E-state index contributed by atoms with van der Waals surface area (Å²) in [6.07, 6.45) is 2.51. The number of nitrogens with zero attached hydrogens (tertiary/aromatic N) is 2. The van der Waals surface area contributed by atoms with Gasteiger partial charge in [0, 0.05) is 25.7 Å². The van der Waals surface area contributed by atoms with E-state index in [-0.39, 0.29) is 30.6 Å². The zero-order valence-electron chi connectivity index (χ0n) is 11.5. The molecule has 0 aliphatic rings. The molecule has 2 aromatic rings. The maximum Gasteiger partial charge on any atom is 0.191 e. The average molecular weight is 364 g/mol. The summed E-state index contributed by atoms with van der Waals surface area (Å²) in [6.45, 7) is 6.40. The van der Waals surface area contributed by atoms with Gasteiger partial charge in [0.2, 0.25) is 0 Å². The van der Waals surface area contributed by atoms with Gasteiger partial charge in [-0.05, 0) is 29.3 Å². The molecule has 2 rings (SSSR count). The van der Waals surface area contributed by atoms with Gasteiger partial charge >= 0.3 is 0 Å². The van der Waals surface area contributed by atoms with Crippen molar-refractivity contribution < 1.29 is 28.3 Å². The Morgan fingerprint density at radius 3 is 2.55 bits per heavy atom. The Bertz CT molecular complexity index is 595. The molecule has 0 aromatic carbocycles. The van der Waals surface area contributed by atoms with E-state index in [9.17, 15) is 8.78 Å². The first kappa shape index (κ1) is 16.8. The summed E-state index contributed by atoms with van der Waals surface area (Å²) < 4.78 is 25.9. The van der Waals surface area contributed by atoms with Gasteiger partial charge in [-0.25, -0.2) is 0 Å². The average Bonchev–Trinajstić information content (AvgIpc) is 2.31. The maximum absolute atomic E-state index is 13.1. The third kappa shape index (κ3) is 4.41. The molecule has 0 atom stereocenters. The van der Waals surface area contributed by atoms with E-state index < -0.39 is 11.8 Å². The van der Waals surface area contributed by atoms with Crippen LogP contribution in [0, 0.1) is 23.2 Å². The molecule has 0 saturated heterocycles. The topological polar surface area (TPSA) is 25.8 Å². The molecular formula is C15H15F2N2Rh-. The Morgan fingerprint density at radius 2 is 1.95 bits per heavy atom. The summed E-state index contributed by atoms with van der Waals surface area (Å²) >= 11 is 0. The minimum atomic E-state index is -1.13. The van der Waals surface area contributed by atoms with Crippen molar-refractivity contribution in [2.75, 3.05) is 0 Å². The molecule has 5 heteroatoms. The van der Waals surface area contributed by atoms with Crippen LogP contribution in [0.4, 0.5) is 8.78 Å². The van der Waals surface area contributed by atoms with Crippen LogP contribution in [-0.2, 0) is 25.9 Å². The van der Waals surface area contributed by atoms with Gasteiger partial charge in [0.15, 0.2) is 5.95 Å². The van der Waals surface area contributed by atoms with Crippen LogP contribution in [0.1, 0.15) is 26.3 Å². The molecule has 2 aromatic heterocycles. The third-order valence-corrected chi connectivity index (χ3v) is 2.54. The van der Waals surface area contributed by atoms with Crippen LogP contribution in [0.2, 0.25) is 0 Å². The number of hydrogen-bond donors (Lipinski definition) is 0. The fourth-order valence-corrected chi connectivity index (χ4v) is 1.83. The van der Waals surface area contributed by atoms with Gasteiger partial charge in [-0.2, -0.15) is 10.5 Å². The summed E-state index contributed by atoms with van der Waals surface area (Å²) in [6, 6.07) is 7.28. The molecule has 0 amide bonds. The largest absolute Gasteiger partial charge is 0.318 e. The Hall–Kier alpha value is -1.22. The molecule has 2 nitrogen and oxygen atoms in total. The van der Waals surface area contributed by atoms with Crippen molar-refractivity contribution in [3.63, 3.8) is 0 Å². The summed E-state index contributed by atoms with van der Waals surface area (Å²) in [5.41, 5.74) is 1.94. The molecule has 2 heterocycles. The van der Waals surface area contributed by atoms with Gasteiger partial charge in [0.1, 0.15) is 0 Å². The van der Waals surface area contributed by atoms with Crippen molar-refractivity contribution in [1.82, 2.24) is 9.97 Å². The maximum atomic E-state index is 13.1. The molecule has 0 saturated carbocycles. The van der Waals surface area contributed by atoms with Crippen LogP contribution < -0.4 is 0 Å². The van der Waals surface area contributed by atoms with E-state index in [0.29, 0.717) is 5.69 Å². The number of aromatic nitrogens is 2. The van der Waals surface area contributed by atoms with Gasteiger partial charge in [0.25, 0.3) is 0 Å². The Morgan fingerprint density at radius 1 is 1.25 bits per heavy atom. The SMILES string of the molecule is CC(C)(C)Cc1ccnc(-c2[c-]cc(F)c(F)n2)c1.[Rh]. The van der Waals surface area contributed by atoms with E-state index in [4.69, 9.17) is 0 Å². The minimum absolute atomic E-state index is 0. The van der Waals surface area contributed by atoms with Gasteiger partial charge in [0.05, 0.1) is 5.82 Å². The van der Waals surface area contributed by atoms with Crippen LogP contribution in [0.5, 0.6) is 0 Å². The van der Waals surface area contributed by atoms with E-state index in [1.807, 2.05) is 12.1 Å². The van der Waals surface area contributed by atoms with Gasteiger partial charge < -0.3 is 4.98 Å². The van der Waals surface area contributed by atoms with Crippen molar-refractivity contribution in [3.8, 4) is 11.4 Å². The Kier molecular flexibility index (Phi) is 5.46. The van der Waals surface area contributed by atoms with E-state index in [1.165, 1.54) is 0 Å². The summed E-state index contributed by atoms with van der Waals surface area (Å²) in [5, 5.41) is 0. The molecule has 20 heavy (non-hydrogen) atoms. The molecule has 0 aliphatic carbocycles. The molecule has 0 fully saturated rings. The molecule has 109 valence electrons. The zero-order chi connectivity index (χ0) is 14.0. The van der Waals surface area contributed by atoms with Crippen molar-refractivity contribution >= 4 is 0 Å². The normalized spacial score (nSPS) is 11.1. The Balaban J connectivity index is 0.00000200. The number of rotatable bonds is 2. The quantitative estimate of drug-likeness (QED) is 0.460. The number of halogens is 2. The standard InChI is InChI=1S/C15H15F2N2.Rh/c1-15(2,3)9-10-6-7-18-13(8-10)12-5-4-11(16)14(17)19-12;/h4,6-8H,9H2,1-3H3;/q-1;. The molecule has 0 bridgehead atoms. The summed E-state index contributed by atoms with van der Waals surface area (Å²) in [4.78, 5) is 7.65. The second-order valence-electron chi connectivity index (χ2n) is 5.67. The molecule has 0 N–H and O–H groups in total. The first-order valence-electron chi connectivity index (χ1n) is 6.04. The van der Waals surface area contributed by atoms with Gasteiger partial charge in [-0.3, -0.25) is 9.37 Å². The van der Waals surface area contributed by atoms with Crippen LogP contribution in [0.3, 0.4) is 0 Å². The molecule has 1 radical (unpaired) electrons. The van der Waals surface area contributed by atoms with Gasteiger partial charge in [-0.1, -0.05) is 32.4 Å². The summed E-state index contributed by atoms with van der Waals surface area (Å²) in [7, 11) is 0. The minimum Gasteiger partial charge on any atom is -0.318 e. The number of pyridine rings is 2. The first-order chi connectivity index (χ1) is 8.85. The molecule has 0 spiro atoms. The first-order valence-corrected chi connectivity index (χ1v) is 6.04. The van der Waals surface area contributed by atoms with Crippen molar-refractivity contribution in [1.29, 1.82) is 0 Å². The molecule has 0 unspecified atom stereocenters. The fraction of sp³-hybridized carbons (Fsp3) is 0.333. The fourth-order valence-electron chi connectivity index (χ4n) is 1.83. The van der Waals surface area contributed by atoms with Crippen LogP contribution in [-0.4, -0.2) is 9.97 Å². The van der Waals surface area contributed by atoms with Gasteiger partial charge in [-0.15, -0.1) is 6.07 Å². The predicted molar refractivity (Wildman–Crippen MR) is 69.4 cm³/mol.